The van der Waals surface area contributed by atoms with Crippen LogP contribution in [0.4, 0.5) is 5.69 Å². The van der Waals surface area contributed by atoms with Crippen molar-refractivity contribution in [3.05, 3.63) is 90.3 Å². The highest BCUT2D eigenvalue weighted by Gasteiger charge is 2.23. The van der Waals surface area contributed by atoms with E-state index in [9.17, 15) is 9.59 Å². The van der Waals surface area contributed by atoms with Gasteiger partial charge in [0.2, 0.25) is 6.04 Å². The van der Waals surface area contributed by atoms with E-state index in [2.05, 4.69) is 5.32 Å². The molecule has 1 atom stereocenters. The van der Waals surface area contributed by atoms with Crippen LogP contribution in [-0.4, -0.2) is 11.8 Å². The predicted octanol–water partition coefficient (Wildman–Crippen LogP) is 2.85. The van der Waals surface area contributed by atoms with Crippen LogP contribution in [0.1, 0.15) is 28.9 Å². The number of nitrogens with zero attached hydrogens (tertiary/aromatic N) is 1. The minimum absolute atomic E-state index is 0.204. The largest absolute Gasteiger partial charge is 0.489 e. The Labute approximate surface area is 163 Å². The fraction of sp³-hybridized carbons (Fsp3) is 0.136. The zero-order chi connectivity index (χ0) is 19.9. The fourth-order valence-electron chi connectivity index (χ4n) is 2.64. The number of benzene rings is 2. The van der Waals surface area contributed by atoms with Gasteiger partial charge in [0.25, 0.3) is 11.8 Å². The third-order valence-corrected chi connectivity index (χ3v) is 4.30. The van der Waals surface area contributed by atoms with E-state index >= 15 is 0 Å². The number of anilines is 1. The summed E-state index contributed by atoms with van der Waals surface area (Å²) in [6, 6.07) is 19.9. The molecule has 1 heterocycles. The van der Waals surface area contributed by atoms with Gasteiger partial charge in [-0.3, -0.25) is 9.59 Å². The molecule has 6 nitrogen and oxygen atoms in total. The van der Waals surface area contributed by atoms with E-state index in [1.165, 1.54) is 0 Å². The van der Waals surface area contributed by atoms with E-state index in [1.54, 1.807) is 48.1 Å². The number of hydrogen-bond acceptors (Lipinski definition) is 3. The van der Waals surface area contributed by atoms with Gasteiger partial charge in [-0.15, -0.1) is 0 Å². The molecule has 0 aliphatic heterocycles. The van der Waals surface area contributed by atoms with Gasteiger partial charge in [-0.1, -0.05) is 30.3 Å². The van der Waals surface area contributed by atoms with Crippen molar-refractivity contribution < 1.29 is 18.9 Å². The van der Waals surface area contributed by atoms with Gasteiger partial charge < -0.3 is 15.8 Å². The number of ether oxygens (including phenoxy) is 1. The Hall–Kier alpha value is -3.67. The number of amides is 2. The van der Waals surface area contributed by atoms with Crippen LogP contribution in [-0.2, 0) is 11.4 Å². The molecule has 1 aromatic heterocycles. The number of nitrogens with two attached hydrogens (primary N) is 1. The maximum Gasteiger partial charge on any atom is 0.293 e. The highest BCUT2D eigenvalue weighted by Crippen LogP contribution is 2.17. The summed E-state index contributed by atoms with van der Waals surface area (Å²) >= 11 is 0. The lowest BCUT2D eigenvalue weighted by atomic mass is 10.2. The molecule has 0 bridgehead atoms. The van der Waals surface area contributed by atoms with Crippen LogP contribution in [0.5, 0.6) is 5.75 Å². The highest BCUT2D eigenvalue weighted by atomic mass is 16.5. The maximum absolute atomic E-state index is 12.5. The first-order valence-corrected chi connectivity index (χ1v) is 8.91. The number of rotatable bonds is 7. The first kappa shape index (κ1) is 19.1. The summed E-state index contributed by atoms with van der Waals surface area (Å²) in [6.45, 7) is 2.23. The molecule has 28 heavy (non-hydrogen) atoms. The lowest BCUT2D eigenvalue weighted by molar-refractivity contribution is -0.705. The molecule has 0 radical (unpaired) electrons. The lowest BCUT2D eigenvalue weighted by Crippen LogP contribution is -2.44. The average molecular weight is 376 g/mol. The first-order valence-electron chi connectivity index (χ1n) is 8.91. The van der Waals surface area contributed by atoms with Gasteiger partial charge in [0.05, 0.1) is 0 Å². The second kappa shape index (κ2) is 8.81. The van der Waals surface area contributed by atoms with Crippen LogP contribution < -0.4 is 20.4 Å². The Balaban J connectivity index is 1.59. The molecular weight excluding hydrogens is 354 g/mol. The number of aromatic nitrogens is 1. The SMILES string of the molecule is C[C@@H](C(=O)Nc1ccc(OCc2ccccc2)cc1)[n+]1cccc(C(N)=O)c1. The molecule has 2 aromatic carbocycles. The summed E-state index contributed by atoms with van der Waals surface area (Å²) in [4.78, 5) is 23.8. The molecule has 0 unspecified atom stereocenters. The number of hydrogen-bond donors (Lipinski definition) is 2. The summed E-state index contributed by atoms with van der Waals surface area (Å²) < 4.78 is 7.39. The van der Waals surface area contributed by atoms with Crippen LogP contribution in [0.25, 0.3) is 0 Å². The third kappa shape index (κ3) is 4.94. The molecule has 0 fully saturated rings. The van der Waals surface area contributed by atoms with Crippen molar-refractivity contribution in [2.24, 2.45) is 5.73 Å². The minimum Gasteiger partial charge on any atom is -0.489 e. The van der Waals surface area contributed by atoms with E-state index in [4.69, 9.17) is 10.5 Å². The Morgan fingerprint density at radius 2 is 1.75 bits per heavy atom. The molecule has 3 aromatic rings. The molecule has 0 aliphatic carbocycles. The second-order valence-electron chi connectivity index (χ2n) is 6.37. The average Bonchev–Trinajstić information content (AvgIpc) is 2.73. The molecule has 0 spiro atoms. The monoisotopic (exact) mass is 376 g/mol. The number of nitrogens with one attached hydrogen (secondary N) is 1. The summed E-state index contributed by atoms with van der Waals surface area (Å²) in [5, 5.41) is 2.86. The van der Waals surface area contributed by atoms with Crippen molar-refractivity contribution in [2.45, 2.75) is 19.6 Å². The van der Waals surface area contributed by atoms with Crippen molar-refractivity contribution in [2.75, 3.05) is 5.32 Å². The Morgan fingerprint density at radius 3 is 2.43 bits per heavy atom. The first-order chi connectivity index (χ1) is 13.5. The Kier molecular flexibility index (Phi) is 6.01. The molecule has 6 heteroatoms. The standard InChI is InChI=1S/C22H21N3O3/c1-16(25-13-5-8-18(14-25)21(23)26)22(27)24-19-9-11-20(12-10-19)28-15-17-6-3-2-4-7-17/h2-14,16H,15H2,1H3,(H2-,23,24,26,27)/p+1/t16-/m0/s1. The van der Waals surface area contributed by atoms with Crippen molar-refractivity contribution in [3.63, 3.8) is 0 Å². The Bertz CT molecular complexity index is 956. The van der Waals surface area contributed by atoms with Crippen molar-refractivity contribution in [1.82, 2.24) is 0 Å². The highest BCUT2D eigenvalue weighted by molar-refractivity contribution is 5.93. The summed E-state index contributed by atoms with van der Waals surface area (Å²) in [6.07, 6.45) is 3.28. The van der Waals surface area contributed by atoms with Gasteiger partial charge >= 0.3 is 0 Å². The van der Waals surface area contributed by atoms with Crippen LogP contribution >= 0.6 is 0 Å². The third-order valence-electron chi connectivity index (χ3n) is 4.30. The van der Waals surface area contributed by atoms with E-state index < -0.39 is 11.9 Å². The normalized spacial score (nSPS) is 11.5. The molecule has 142 valence electrons. The van der Waals surface area contributed by atoms with Crippen molar-refractivity contribution >= 4 is 17.5 Å². The van der Waals surface area contributed by atoms with Gasteiger partial charge in [0.15, 0.2) is 12.4 Å². The van der Waals surface area contributed by atoms with Crippen LogP contribution in [0.3, 0.4) is 0 Å². The number of carbonyl (C=O) groups is 2. The number of pyridine rings is 1. The summed E-state index contributed by atoms with van der Waals surface area (Å²) in [5.41, 5.74) is 7.39. The van der Waals surface area contributed by atoms with E-state index in [0.717, 1.165) is 11.3 Å². The second-order valence-corrected chi connectivity index (χ2v) is 6.37. The topological polar surface area (TPSA) is 85.3 Å². The van der Waals surface area contributed by atoms with Gasteiger partial charge in [-0.2, -0.15) is 4.57 Å². The molecule has 0 saturated carbocycles. The van der Waals surface area contributed by atoms with Gasteiger partial charge in [-0.05, 0) is 35.9 Å². The molecular formula is C22H22N3O3+. The predicted molar refractivity (Wildman–Crippen MR) is 106 cm³/mol. The van der Waals surface area contributed by atoms with E-state index in [1.807, 2.05) is 42.5 Å². The zero-order valence-electron chi connectivity index (χ0n) is 15.5. The number of primary amides is 1. The maximum atomic E-state index is 12.5. The minimum atomic E-state index is -0.534. The fourth-order valence-corrected chi connectivity index (χ4v) is 2.64. The van der Waals surface area contributed by atoms with Crippen LogP contribution in [0.2, 0.25) is 0 Å². The van der Waals surface area contributed by atoms with Gasteiger partial charge in [0, 0.05) is 18.7 Å². The lowest BCUT2D eigenvalue weighted by Gasteiger charge is -2.10. The van der Waals surface area contributed by atoms with Crippen LogP contribution in [0.15, 0.2) is 79.1 Å². The molecule has 3 N–H and O–H groups in total. The summed E-state index contributed by atoms with van der Waals surface area (Å²) in [7, 11) is 0. The smallest absolute Gasteiger partial charge is 0.293 e. The van der Waals surface area contributed by atoms with Crippen LogP contribution in [0, 0.1) is 0 Å². The van der Waals surface area contributed by atoms with Gasteiger partial charge in [0.1, 0.15) is 17.9 Å². The van der Waals surface area contributed by atoms with Crippen molar-refractivity contribution in [1.29, 1.82) is 0 Å². The van der Waals surface area contributed by atoms with Gasteiger partial charge in [-0.25, -0.2) is 0 Å². The molecule has 3 rings (SSSR count). The number of carbonyl (C=O) groups excluding carboxylic acids is 2. The molecule has 0 saturated heterocycles. The summed E-state index contributed by atoms with van der Waals surface area (Å²) in [5.74, 6) is -0.0175. The van der Waals surface area contributed by atoms with Crippen molar-refractivity contribution in [3.8, 4) is 5.75 Å². The zero-order valence-corrected chi connectivity index (χ0v) is 15.5. The Morgan fingerprint density at radius 1 is 1.04 bits per heavy atom. The molecule has 0 aliphatic rings. The molecule has 2 amide bonds. The quantitative estimate of drug-likeness (QED) is 0.622. The van der Waals surface area contributed by atoms with E-state index in [0.29, 0.717) is 17.9 Å². The van der Waals surface area contributed by atoms with E-state index in [-0.39, 0.29) is 5.91 Å².